The van der Waals surface area contributed by atoms with E-state index in [1.807, 2.05) is 35.2 Å². The van der Waals surface area contributed by atoms with Gasteiger partial charge in [0.1, 0.15) is 12.4 Å². The normalized spacial score (nSPS) is 25.6. The first-order chi connectivity index (χ1) is 11.7. The van der Waals surface area contributed by atoms with Crippen LogP contribution in [0.3, 0.4) is 0 Å². The molecule has 4 heteroatoms. The lowest BCUT2D eigenvalue weighted by atomic mass is 9.76. The Kier molecular flexibility index (Phi) is 5.20. The molecule has 0 radical (unpaired) electrons. The highest BCUT2D eigenvalue weighted by atomic mass is 16.6. The predicted octanol–water partition coefficient (Wildman–Crippen LogP) is 3.55. The molecule has 126 valence electrons. The Labute approximate surface area is 143 Å². The van der Waals surface area contributed by atoms with Crippen LogP contribution in [-0.2, 0) is 16.1 Å². The molecule has 0 N–H and O–H groups in total. The molecule has 3 rings (SSSR count). The van der Waals surface area contributed by atoms with Gasteiger partial charge in [-0.1, -0.05) is 36.3 Å². The van der Waals surface area contributed by atoms with Gasteiger partial charge in [-0.2, -0.15) is 0 Å². The second-order valence-electron chi connectivity index (χ2n) is 6.70. The van der Waals surface area contributed by atoms with Crippen molar-refractivity contribution in [2.24, 2.45) is 5.92 Å². The van der Waals surface area contributed by atoms with E-state index in [1.54, 1.807) is 0 Å². The van der Waals surface area contributed by atoms with Crippen molar-refractivity contribution < 1.29 is 14.3 Å². The fraction of sp³-hybridized carbons (Fsp3) is 0.500. The van der Waals surface area contributed by atoms with Crippen molar-refractivity contribution in [1.82, 2.24) is 4.90 Å². The lowest BCUT2D eigenvalue weighted by Crippen LogP contribution is -2.55. The molecular weight excluding hydrogens is 302 g/mol. The third-order valence-electron chi connectivity index (χ3n) is 5.12. The van der Waals surface area contributed by atoms with Crippen LogP contribution in [0.25, 0.3) is 0 Å². The number of nitrogens with zero attached hydrogens (tertiary/aromatic N) is 1. The van der Waals surface area contributed by atoms with Crippen molar-refractivity contribution in [3.63, 3.8) is 0 Å². The minimum atomic E-state index is -0.253. The number of fused-ring (bicyclic) bond motifs is 2. The largest absolute Gasteiger partial charge is 0.445 e. The summed E-state index contributed by atoms with van der Waals surface area (Å²) in [6, 6.07) is 9.90. The molecule has 2 aliphatic heterocycles. The van der Waals surface area contributed by atoms with Gasteiger partial charge in [0.2, 0.25) is 0 Å². The molecule has 24 heavy (non-hydrogen) atoms. The summed E-state index contributed by atoms with van der Waals surface area (Å²) in [4.78, 5) is 26.6. The molecule has 2 atom stereocenters. The molecule has 1 aromatic rings. The number of hydrogen-bond donors (Lipinski definition) is 0. The van der Waals surface area contributed by atoms with Gasteiger partial charge in [-0.05, 0) is 37.7 Å². The molecule has 1 amide bonds. The molecule has 2 aliphatic rings. The molecule has 2 heterocycles. The number of carbonyl (C=O) groups excluding carboxylic acids is 2. The topological polar surface area (TPSA) is 46.6 Å². The Morgan fingerprint density at radius 1 is 1.17 bits per heavy atom. The number of carbonyl (C=O) groups is 2. The van der Waals surface area contributed by atoms with Gasteiger partial charge in [0.15, 0.2) is 0 Å². The standard InChI is InChI=1S/C20H23NO3/c1-2-7-19(22)16-12-17-10-6-11-18(13-16)21(17)20(23)24-14-15-8-4-3-5-9-15/h1,3-5,8-9,16-18H,6-7,10-14H2. The molecule has 2 saturated heterocycles. The van der Waals surface area contributed by atoms with Crippen molar-refractivity contribution in [3.05, 3.63) is 35.9 Å². The van der Waals surface area contributed by atoms with Crippen LogP contribution in [0.5, 0.6) is 0 Å². The van der Waals surface area contributed by atoms with E-state index in [1.165, 1.54) is 0 Å². The first-order valence-electron chi connectivity index (χ1n) is 8.64. The quantitative estimate of drug-likeness (QED) is 0.795. The summed E-state index contributed by atoms with van der Waals surface area (Å²) in [6.45, 7) is 0.287. The highest BCUT2D eigenvalue weighted by molar-refractivity contribution is 5.83. The summed E-state index contributed by atoms with van der Waals surface area (Å²) in [7, 11) is 0. The maximum absolute atomic E-state index is 12.6. The van der Waals surface area contributed by atoms with E-state index in [2.05, 4.69) is 5.92 Å². The van der Waals surface area contributed by atoms with E-state index in [0.29, 0.717) is 0 Å². The molecule has 0 saturated carbocycles. The number of Topliss-reactive ketones (excluding diaryl/α,β-unsaturated/α-hetero) is 1. The van der Waals surface area contributed by atoms with E-state index in [4.69, 9.17) is 11.2 Å². The fourth-order valence-electron chi connectivity index (χ4n) is 3.98. The van der Waals surface area contributed by atoms with Crippen LogP contribution < -0.4 is 0 Å². The Balaban J connectivity index is 1.62. The molecule has 1 aromatic carbocycles. The number of hydrogen-bond acceptors (Lipinski definition) is 3. The van der Waals surface area contributed by atoms with Gasteiger partial charge in [0.25, 0.3) is 0 Å². The molecular formula is C20H23NO3. The molecule has 0 spiro atoms. The van der Waals surface area contributed by atoms with E-state index >= 15 is 0 Å². The maximum atomic E-state index is 12.6. The van der Waals surface area contributed by atoms with Gasteiger partial charge in [0.05, 0.1) is 6.42 Å². The van der Waals surface area contributed by atoms with Crippen molar-refractivity contribution in [1.29, 1.82) is 0 Å². The highest BCUT2D eigenvalue weighted by Crippen LogP contribution is 2.38. The first-order valence-corrected chi connectivity index (χ1v) is 8.64. The molecule has 4 nitrogen and oxygen atoms in total. The Morgan fingerprint density at radius 2 is 1.83 bits per heavy atom. The van der Waals surface area contributed by atoms with Crippen molar-refractivity contribution in [3.8, 4) is 12.3 Å². The zero-order valence-electron chi connectivity index (χ0n) is 13.8. The van der Waals surface area contributed by atoms with E-state index in [9.17, 15) is 9.59 Å². The van der Waals surface area contributed by atoms with Gasteiger partial charge in [-0.25, -0.2) is 4.79 Å². The lowest BCUT2D eigenvalue weighted by Gasteiger charge is -2.47. The fourth-order valence-corrected chi connectivity index (χ4v) is 3.98. The first kappa shape index (κ1) is 16.6. The number of piperidine rings is 2. The van der Waals surface area contributed by atoms with Crippen LogP contribution in [0.15, 0.2) is 30.3 Å². The summed E-state index contributed by atoms with van der Waals surface area (Å²) in [5.41, 5.74) is 0.982. The van der Waals surface area contributed by atoms with E-state index < -0.39 is 0 Å². The van der Waals surface area contributed by atoms with Gasteiger partial charge in [-0.3, -0.25) is 4.79 Å². The van der Waals surface area contributed by atoms with Crippen LogP contribution in [0.2, 0.25) is 0 Å². The van der Waals surface area contributed by atoms with Gasteiger partial charge in [-0.15, -0.1) is 6.42 Å². The molecule has 2 bridgehead atoms. The van der Waals surface area contributed by atoms with E-state index in [0.717, 1.165) is 37.7 Å². The third-order valence-corrected chi connectivity index (χ3v) is 5.12. The zero-order chi connectivity index (χ0) is 16.9. The number of terminal acetylenes is 1. The second-order valence-corrected chi connectivity index (χ2v) is 6.70. The molecule has 2 unspecified atom stereocenters. The third kappa shape index (κ3) is 3.62. The second kappa shape index (κ2) is 7.53. The number of benzene rings is 1. The number of rotatable bonds is 4. The van der Waals surface area contributed by atoms with Crippen LogP contribution >= 0.6 is 0 Å². The Bertz CT molecular complexity index is 620. The van der Waals surface area contributed by atoms with Crippen LogP contribution in [-0.4, -0.2) is 28.9 Å². The average Bonchev–Trinajstić information content (AvgIpc) is 2.59. The number of amides is 1. The summed E-state index contributed by atoms with van der Waals surface area (Å²) in [6.07, 6.45) is 9.64. The summed E-state index contributed by atoms with van der Waals surface area (Å²) in [5, 5.41) is 0. The highest BCUT2D eigenvalue weighted by Gasteiger charge is 2.43. The van der Waals surface area contributed by atoms with Crippen LogP contribution in [0.1, 0.15) is 44.1 Å². The van der Waals surface area contributed by atoms with Gasteiger partial charge < -0.3 is 9.64 Å². The smallest absolute Gasteiger partial charge is 0.410 e. The zero-order valence-corrected chi connectivity index (χ0v) is 13.8. The summed E-state index contributed by atoms with van der Waals surface area (Å²) < 4.78 is 5.52. The summed E-state index contributed by atoms with van der Waals surface area (Å²) in [5.74, 6) is 2.59. The molecule has 2 fully saturated rings. The van der Waals surface area contributed by atoms with E-state index in [-0.39, 0.29) is 42.9 Å². The molecule has 0 aliphatic carbocycles. The van der Waals surface area contributed by atoms with Crippen molar-refractivity contribution in [2.45, 2.75) is 57.2 Å². The molecule has 0 aromatic heterocycles. The van der Waals surface area contributed by atoms with Crippen LogP contribution in [0, 0.1) is 18.3 Å². The van der Waals surface area contributed by atoms with Crippen molar-refractivity contribution in [2.75, 3.05) is 0 Å². The number of ether oxygens (including phenoxy) is 1. The minimum Gasteiger partial charge on any atom is -0.445 e. The van der Waals surface area contributed by atoms with Gasteiger partial charge in [0, 0.05) is 18.0 Å². The predicted molar refractivity (Wildman–Crippen MR) is 91.1 cm³/mol. The Hall–Kier alpha value is -2.28. The minimum absolute atomic E-state index is 0.00507. The van der Waals surface area contributed by atoms with Crippen molar-refractivity contribution >= 4 is 11.9 Å². The number of ketones is 1. The monoisotopic (exact) mass is 325 g/mol. The lowest BCUT2D eigenvalue weighted by molar-refractivity contribution is -0.125. The van der Waals surface area contributed by atoms with Gasteiger partial charge >= 0.3 is 6.09 Å². The summed E-state index contributed by atoms with van der Waals surface area (Å²) >= 11 is 0. The van der Waals surface area contributed by atoms with Crippen LogP contribution in [0.4, 0.5) is 4.79 Å². The average molecular weight is 325 g/mol. The Morgan fingerprint density at radius 3 is 2.46 bits per heavy atom. The maximum Gasteiger partial charge on any atom is 0.410 e. The SMILES string of the molecule is C#CCC(=O)C1CC2CCCC(C1)N2C(=O)OCc1ccccc1.